The van der Waals surface area contributed by atoms with Gasteiger partial charge in [0, 0.05) is 26.6 Å². The smallest absolute Gasteiger partial charge is 0.222 e. The third-order valence-corrected chi connectivity index (χ3v) is 2.67. The summed E-state index contributed by atoms with van der Waals surface area (Å²) in [6.07, 6.45) is 7.09. The van der Waals surface area contributed by atoms with E-state index in [-0.39, 0.29) is 5.91 Å². The zero-order valence-electron chi connectivity index (χ0n) is 9.69. The molecule has 0 radical (unpaired) electrons. The number of carbonyl (C=O) groups is 1. The third-order valence-electron chi connectivity index (χ3n) is 2.67. The topological polar surface area (TPSA) is 53.7 Å². The molecule has 1 aliphatic heterocycles. The number of aliphatic hydroxyl groups is 1. The van der Waals surface area contributed by atoms with Gasteiger partial charge < -0.3 is 14.4 Å². The van der Waals surface area contributed by atoms with Crippen LogP contribution in [0.2, 0.25) is 0 Å². The minimum absolute atomic E-state index is 0.281. The van der Waals surface area contributed by atoms with Gasteiger partial charge in [0.05, 0.1) is 12.5 Å². The van der Waals surface area contributed by atoms with Crippen molar-refractivity contribution >= 4 is 5.91 Å². The Morgan fingerprint density at radius 1 is 1.44 bits per heavy atom. The first-order chi connectivity index (χ1) is 7.86. The summed E-state index contributed by atoms with van der Waals surface area (Å²) in [7, 11) is 1.00. The number of likely N-dealkylation sites (tertiary alicyclic amines) is 1. The molecule has 90 valence electrons. The van der Waals surface area contributed by atoms with Crippen molar-refractivity contribution in [1.82, 2.24) is 4.90 Å². The lowest BCUT2D eigenvalue weighted by Gasteiger charge is -2.14. The molecule has 1 aromatic rings. The number of hydrogen-bond acceptors (Lipinski definition) is 3. The Kier molecular flexibility index (Phi) is 5.64. The summed E-state index contributed by atoms with van der Waals surface area (Å²) in [6.45, 7) is 1.90. The van der Waals surface area contributed by atoms with Crippen LogP contribution in [0.3, 0.4) is 0 Å². The highest BCUT2D eigenvalue weighted by Gasteiger charge is 2.17. The van der Waals surface area contributed by atoms with Gasteiger partial charge in [0.2, 0.25) is 5.91 Å². The van der Waals surface area contributed by atoms with Crippen molar-refractivity contribution in [3.05, 3.63) is 24.2 Å². The lowest BCUT2D eigenvalue weighted by molar-refractivity contribution is -0.130. The Morgan fingerprint density at radius 2 is 2.12 bits per heavy atom. The van der Waals surface area contributed by atoms with E-state index >= 15 is 0 Å². The molecule has 0 aliphatic carbocycles. The molecule has 1 aliphatic rings. The number of furan rings is 1. The van der Waals surface area contributed by atoms with Crippen molar-refractivity contribution in [3.8, 4) is 0 Å². The number of hydrogen-bond donors (Lipinski definition) is 1. The molecular weight excluding hydrogens is 206 g/mol. The molecule has 1 saturated heterocycles. The number of amides is 1. The Balaban J connectivity index is 0.000000606. The van der Waals surface area contributed by atoms with Gasteiger partial charge in [-0.15, -0.1) is 0 Å². The van der Waals surface area contributed by atoms with E-state index in [4.69, 9.17) is 9.52 Å². The van der Waals surface area contributed by atoms with Crippen LogP contribution >= 0.6 is 0 Å². The van der Waals surface area contributed by atoms with E-state index < -0.39 is 0 Å². The maximum absolute atomic E-state index is 11.6. The quantitative estimate of drug-likeness (QED) is 0.847. The van der Waals surface area contributed by atoms with E-state index in [1.54, 1.807) is 12.5 Å². The van der Waals surface area contributed by atoms with Gasteiger partial charge in [0.15, 0.2) is 0 Å². The summed E-state index contributed by atoms with van der Waals surface area (Å²) >= 11 is 0. The fourth-order valence-electron chi connectivity index (χ4n) is 1.81. The predicted octanol–water partition coefficient (Wildman–Crippen LogP) is 1.44. The second kappa shape index (κ2) is 7.06. The molecule has 1 N–H and O–H groups in total. The molecule has 4 heteroatoms. The van der Waals surface area contributed by atoms with E-state index in [2.05, 4.69) is 0 Å². The lowest BCUT2D eigenvalue weighted by Crippen LogP contribution is -2.27. The monoisotopic (exact) mass is 225 g/mol. The van der Waals surface area contributed by atoms with Crippen molar-refractivity contribution in [2.75, 3.05) is 20.2 Å². The van der Waals surface area contributed by atoms with Crippen molar-refractivity contribution < 1.29 is 14.3 Å². The molecule has 4 nitrogen and oxygen atoms in total. The molecule has 1 fully saturated rings. The fourth-order valence-corrected chi connectivity index (χ4v) is 1.81. The zero-order chi connectivity index (χ0) is 11.8. The Hall–Kier alpha value is -1.29. The standard InChI is InChI=1S/C11H15NO2.CH4O/c13-11(12-6-1-2-7-12)4-3-10-5-8-14-9-10;1-2/h5,8-9H,1-4,6-7H2;2H,1H3. The second-order valence-electron chi connectivity index (χ2n) is 3.72. The van der Waals surface area contributed by atoms with Gasteiger partial charge in [-0.2, -0.15) is 0 Å². The molecule has 2 heterocycles. The van der Waals surface area contributed by atoms with Crippen LogP contribution in [-0.4, -0.2) is 36.1 Å². The number of aliphatic hydroxyl groups excluding tert-OH is 1. The highest BCUT2D eigenvalue weighted by molar-refractivity contribution is 5.76. The normalized spacial score (nSPS) is 14.5. The van der Waals surface area contributed by atoms with Gasteiger partial charge in [-0.3, -0.25) is 4.79 Å². The maximum atomic E-state index is 11.6. The van der Waals surface area contributed by atoms with Gasteiger partial charge >= 0.3 is 0 Å². The molecule has 0 saturated carbocycles. The Labute approximate surface area is 95.9 Å². The van der Waals surface area contributed by atoms with Crippen LogP contribution < -0.4 is 0 Å². The first-order valence-electron chi connectivity index (χ1n) is 5.60. The number of nitrogens with zero attached hydrogens (tertiary/aromatic N) is 1. The van der Waals surface area contributed by atoms with Crippen LogP contribution in [0.5, 0.6) is 0 Å². The second-order valence-corrected chi connectivity index (χ2v) is 3.72. The van der Waals surface area contributed by atoms with Crippen molar-refractivity contribution in [2.45, 2.75) is 25.7 Å². The number of carbonyl (C=O) groups excluding carboxylic acids is 1. The highest BCUT2D eigenvalue weighted by atomic mass is 16.3. The maximum Gasteiger partial charge on any atom is 0.222 e. The average Bonchev–Trinajstić information content (AvgIpc) is 3.01. The lowest BCUT2D eigenvalue weighted by atomic mass is 10.2. The summed E-state index contributed by atoms with van der Waals surface area (Å²) in [4.78, 5) is 13.6. The summed E-state index contributed by atoms with van der Waals surface area (Å²) in [5, 5.41) is 7.00. The number of rotatable bonds is 3. The molecule has 1 aromatic heterocycles. The molecule has 2 rings (SSSR count). The summed E-state index contributed by atoms with van der Waals surface area (Å²) in [6, 6.07) is 1.91. The minimum atomic E-state index is 0.281. The summed E-state index contributed by atoms with van der Waals surface area (Å²) in [5.74, 6) is 0.281. The predicted molar refractivity (Wildman–Crippen MR) is 61.0 cm³/mol. The van der Waals surface area contributed by atoms with Gasteiger partial charge in [-0.05, 0) is 30.9 Å². The van der Waals surface area contributed by atoms with Crippen molar-refractivity contribution in [3.63, 3.8) is 0 Å². The van der Waals surface area contributed by atoms with Gasteiger partial charge in [-0.25, -0.2) is 0 Å². The molecular formula is C12H19NO3. The van der Waals surface area contributed by atoms with E-state index in [0.717, 1.165) is 45.0 Å². The van der Waals surface area contributed by atoms with Crippen LogP contribution in [0.25, 0.3) is 0 Å². The molecule has 1 amide bonds. The van der Waals surface area contributed by atoms with E-state index in [9.17, 15) is 4.79 Å². The van der Waals surface area contributed by atoms with E-state index in [1.165, 1.54) is 0 Å². The first-order valence-corrected chi connectivity index (χ1v) is 5.60. The minimum Gasteiger partial charge on any atom is -0.472 e. The Morgan fingerprint density at radius 3 is 2.69 bits per heavy atom. The largest absolute Gasteiger partial charge is 0.472 e. The summed E-state index contributed by atoms with van der Waals surface area (Å²) in [5.41, 5.74) is 1.11. The van der Waals surface area contributed by atoms with Crippen LogP contribution in [0.4, 0.5) is 0 Å². The third kappa shape index (κ3) is 3.70. The van der Waals surface area contributed by atoms with Crippen molar-refractivity contribution in [1.29, 1.82) is 0 Å². The van der Waals surface area contributed by atoms with Crippen LogP contribution in [0, 0.1) is 0 Å². The van der Waals surface area contributed by atoms with Crippen LogP contribution in [0.15, 0.2) is 23.0 Å². The first kappa shape index (κ1) is 12.8. The summed E-state index contributed by atoms with van der Waals surface area (Å²) < 4.78 is 4.95. The van der Waals surface area contributed by atoms with E-state index in [0.29, 0.717) is 6.42 Å². The van der Waals surface area contributed by atoms with Gasteiger partial charge in [0.1, 0.15) is 0 Å². The fraction of sp³-hybridized carbons (Fsp3) is 0.583. The van der Waals surface area contributed by atoms with E-state index in [1.807, 2.05) is 11.0 Å². The van der Waals surface area contributed by atoms with Gasteiger partial charge in [0.25, 0.3) is 0 Å². The van der Waals surface area contributed by atoms with Crippen LogP contribution in [0.1, 0.15) is 24.8 Å². The molecule has 16 heavy (non-hydrogen) atoms. The molecule has 0 bridgehead atoms. The Bertz CT molecular complexity index is 289. The van der Waals surface area contributed by atoms with Crippen LogP contribution in [-0.2, 0) is 11.2 Å². The average molecular weight is 225 g/mol. The molecule has 0 unspecified atom stereocenters. The van der Waals surface area contributed by atoms with Gasteiger partial charge in [-0.1, -0.05) is 0 Å². The number of aryl methyl sites for hydroxylation is 1. The molecule has 0 spiro atoms. The SMILES string of the molecule is CO.O=C(CCc1ccoc1)N1CCCC1. The molecule has 0 aromatic carbocycles. The van der Waals surface area contributed by atoms with Crippen molar-refractivity contribution in [2.24, 2.45) is 0 Å². The zero-order valence-corrected chi connectivity index (χ0v) is 9.69. The highest BCUT2D eigenvalue weighted by Crippen LogP contribution is 2.11. The molecule has 0 atom stereocenters.